The molecule has 0 spiro atoms. The number of halogens is 1. The van der Waals surface area contributed by atoms with Gasteiger partial charge in [-0.05, 0) is 37.3 Å². The predicted octanol–water partition coefficient (Wildman–Crippen LogP) is 2.88. The van der Waals surface area contributed by atoms with Crippen LogP contribution in [0.3, 0.4) is 0 Å². The summed E-state index contributed by atoms with van der Waals surface area (Å²) in [5, 5.41) is 0.212. The normalized spacial score (nSPS) is 27.4. The number of nitrogens with zero attached hydrogens (tertiary/aromatic N) is 1. The first-order chi connectivity index (χ1) is 9.51. The maximum atomic E-state index is 12.9. The van der Waals surface area contributed by atoms with Crippen LogP contribution in [0.15, 0.2) is 23.1 Å². The van der Waals surface area contributed by atoms with E-state index in [0.717, 1.165) is 25.7 Å². The van der Waals surface area contributed by atoms with Gasteiger partial charge >= 0.3 is 0 Å². The molecule has 1 heterocycles. The van der Waals surface area contributed by atoms with E-state index < -0.39 is 10.0 Å². The fourth-order valence-electron chi connectivity index (χ4n) is 3.58. The number of anilines is 1. The minimum absolute atomic E-state index is 0.0768. The van der Waals surface area contributed by atoms with Gasteiger partial charge in [-0.25, -0.2) is 8.42 Å². The second kappa shape index (κ2) is 5.20. The maximum Gasteiger partial charge on any atom is 0.246 e. The lowest BCUT2D eigenvalue weighted by atomic mass is 9.86. The van der Waals surface area contributed by atoms with E-state index in [9.17, 15) is 8.42 Å². The molecule has 2 atom stereocenters. The minimum atomic E-state index is -3.59. The van der Waals surface area contributed by atoms with Gasteiger partial charge in [0, 0.05) is 12.6 Å². The molecular formula is C14H19ClN2O2S. The number of nitrogens with two attached hydrogens (primary N) is 1. The molecule has 0 bridgehead atoms. The molecule has 1 saturated carbocycles. The molecule has 6 heteroatoms. The van der Waals surface area contributed by atoms with E-state index >= 15 is 0 Å². The molecule has 0 aromatic heterocycles. The number of fused-ring (bicyclic) bond motifs is 1. The van der Waals surface area contributed by atoms with Gasteiger partial charge in [0.1, 0.15) is 4.90 Å². The van der Waals surface area contributed by atoms with Gasteiger partial charge in [0.2, 0.25) is 10.0 Å². The first kappa shape index (κ1) is 14.2. The lowest BCUT2D eigenvalue weighted by Gasteiger charge is -2.31. The molecule has 4 nitrogen and oxygen atoms in total. The van der Waals surface area contributed by atoms with Crippen LogP contribution in [0.5, 0.6) is 0 Å². The lowest BCUT2D eigenvalue weighted by Crippen LogP contribution is -2.39. The number of benzene rings is 1. The summed E-state index contributed by atoms with van der Waals surface area (Å²) in [4.78, 5) is 0.0768. The van der Waals surface area contributed by atoms with Crippen molar-refractivity contribution in [1.29, 1.82) is 0 Å². The Bertz CT molecular complexity index is 597. The number of hydrogen-bond acceptors (Lipinski definition) is 3. The third-order valence-electron chi connectivity index (χ3n) is 4.52. The molecule has 1 saturated heterocycles. The highest BCUT2D eigenvalue weighted by Gasteiger charge is 2.43. The van der Waals surface area contributed by atoms with Crippen LogP contribution in [-0.2, 0) is 10.0 Å². The Labute approximate surface area is 125 Å². The van der Waals surface area contributed by atoms with Gasteiger partial charge in [0.25, 0.3) is 0 Å². The second-order valence-corrected chi connectivity index (χ2v) is 7.91. The van der Waals surface area contributed by atoms with Crippen LogP contribution in [0.4, 0.5) is 5.69 Å². The monoisotopic (exact) mass is 314 g/mol. The summed E-state index contributed by atoms with van der Waals surface area (Å²) in [6, 6.07) is 4.97. The Morgan fingerprint density at radius 2 is 1.95 bits per heavy atom. The fraction of sp³-hybridized carbons (Fsp3) is 0.571. The summed E-state index contributed by atoms with van der Waals surface area (Å²) in [5.74, 6) is 0.502. The average Bonchev–Trinajstić information content (AvgIpc) is 2.82. The van der Waals surface area contributed by atoms with Crippen LogP contribution in [0.25, 0.3) is 0 Å². The minimum Gasteiger partial charge on any atom is -0.398 e. The first-order valence-corrected chi connectivity index (χ1v) is 8.89. The van der Waals surface area contributed by atoms with Crippen LogP contribution in [0.1, 0.15) is 32.1 Å². The van der Waals surface area contributed by atoms with Crippen molar-refractivity contribution in [3.05, 3.63) is 23.2 Å². The summed E-state index contributed by atoms with van der Waals surface area (Å²) in [6.45, 7) is 0.586. The number of nitrogen functional groups attached to an aromatic ring is 1. The highest BCUT2D eigenvalue weighted by atomic mass is 35.5. The standard InChI is InChI=1S/C14H19ClN2O2S/c15-11-5-3-6-12(16)14(11)20(18,19)17-9-8-10-4-1-2-7-13(10)17/h3,5-6,10,13H,1-2,4,7-9,16H2. The molecule has 3 rings (SSSR count). The highest BCUT2D eigenvalue weighted by Crippen LogP contribution is 2.41. The van der Waals surface area contributed by atoms with E-state index in [4.69, 9.17) is 17.3 Å². The Morgan fingerprint density at radius 3 is 2.70 bits per heavy atom. The second-order valence-electron chi connectivity index (χ2n) is 5.67. The van der Waals surface area contributed by atoms with Crippen molar-refractivity contribution in [2.24, 2.45) is 5.92 Å². The van der Waals surface area contributed by atoms with Crippen molar-refractivity contribution in [1.82, 2.24) is 4.31 Å². The number of rotatable bonds is 2. The van der Waals surface area contributed by atoms with Gasteiger partial charge in [-0.2, -0.15) is 4.31 Å². The largest absolute Gasteiger partial charge is 0.398 e. The molecule has 1 aliphatic carbocycles. The van der Waals surface area contributed by atoms with Gasteiger partial charge in [-0.3, -0.25) is 0 Å². The van der Waals surface area contributed by atoms with Crippen molar-refractivity contribution >= 4 is 27.3 Å². The van der Waals surface area contributed by atoms with Crippen molar-refractivity contribution in [2.45, 2.75) is 43.0 Å². The summed E-state index contributed by atoms with van der Waals surface area (Å²) >= 11 is 6.08. The molecule has 110 valence electrons. The Kier molecular flexibility index (Phi) is 3.69. The summed E-state index contributed by atoms with van der Waals surface area (Å²) in [5.41, 5.74) is 6.09. The molecule has 2 fully saturated rings. The smallest absolute Gasteiger partial charge is 0.246 e. The van der Waals surface area contributed by atoms with Crippen LogP contribution < -0.4 is 5.73 Å². The zero-order valence-electron chi connectivity index (χ0n) is 11.3. The zero-order valence-corrected chi connectivity index (χ0v) is 12.8. The molecular weight excluding hydrogens is 296 g/mol. The Morgan fingerprint density at radius 1 is 1.20 bits per heavy atom. The molecule has 2 unspecified atom stereocenters. The van der Waals surface area contributed by atoms with E-state index in [1.807, 2.05) is 0 Å². The van der Waals surface area contributed by atoms with Crippen LogP contribution in [0.2, 0.25) is 5.02 Å². The van der Waals surface area contributed by atoms with Gasteiger partial charge in [0.15, 0.2) is 0 Å². The molecule has 1 aromatic rings. The van der Waals surface area contributed by atoms with Gasteiger partial charge in [-0.1, -0.05) is 30.5 Å². The van der Waals surface area contributed by atoms with Crippen molar-refractivity contribution in [2.75, 3.05) is 12.3 Å². The third-order valence-corrected chi connectivity index (χ3v) is 6.99. The van der Waals surface area contributed by atoms with Crippen molar-refractivity contribution in [3.8, 4) is 0 Å². The van der Waals surface area contributed by atoms with Gasteiger partial charge in [0.05, 0.1) is 10.7 Å². The fourth-order valence-corrected chi connectivity index (χ4v) is 5.95. The van der Waals surface area contributed by atoms with Crippen LogP contribution in [-0.4, -0.2) is 25.3 Å². The molecule has 1 aromatic carbocycles. The molecule has 0 radical (unpaired) electrons. The number of sulfonamides is 1. The van der Waals surface area contributed by atoms with E-state index in [1.165, 1.54) is 6.42 Å². The molecule has 20 heavy (non-hydrogen) atoms. The molecule has 1 aliphatic heterocycles. The van der Waals surface area contributed by atoms with E-state index in [2.05, 4.69) is 0 Å². The first-order valence-electron chi connectivity index (χ1n) is 7.07. The Hall–Kier alpha value is -0.780. The maximum absolute atomic E-state index is 12.9. The molecule has 2 N–H and O–H groups in total. The highest BCUT2D eigenvalue weighted by molar-refractivity contribution is 7.89. The van der Waals surface area contributed by atoms with Gasteiger partial charge in [-0.15, -0.1) is 0 Å². The predicted molar refractivity (Wildman–Crippen MR) is 80.1 cm³/mol. The third kappa shape index (κ3) is 2.22. The van der Waals surface area contributed by atoms with Crippen LogP contribution in [0, 0.1) is 5.92 Å². The van der Waals surface area contributed by atoms with Crippen molar-refractivity contribution in [3.63, 3.8) is 0 Å². The molecule has 0 amide bonds. The van der Waals surface area contributed by atoms with Crippen molar-refractivity contribution < 1.29 is 8.42 Å². The van der Waals surface area contributed by atoms with Crippen LogP contribution >= 0.6 is 11.6 Å². The Balaban J connectivity index is 2.00. The zero-order chi connectivity index (χ0) is 14.3. The van der Waals surface area contributed by atoms with E-state index in [0.29, 0.717) is 12.5 Å². The SMILES string of the molecule is Nc1cccc(Cl)c1S(=O)(=O)N1CCC2CCCCC21. The number of hydrogen-bond donors (Lipinski definition) is 1. The summed E-state index contributed by atoms with van der Waals surface area (Å²) in [6.07, 6.45) is 5.35. The lowest BCUT2D eigenvalue weighted by molar-refractivity contribution is 0.260. The van der Waals surface area contributed by atoms with E-state index in [1.54, 1.807) is 22.5 Å². The average molecular weight is 315 g/mol. The topological polar surface area (TPSA) is 63.4 Å². The summed E-state index contributed by atoms with van der Waals surface area (Å²) in [7, 11) is -3.59. The van der Waals surface area contributed by atoms with Gasteiger partial charge < -0.3 is 5.73 Å². The van der Waals surface area contributed by atoms with E-state index in [-0.39, 0.29) is 21.6 Å². The molecule has 2 aliphatic rings. The quantitative estimate of drug-likeness (QED) is 0.854. The summed E-state index contributed by atoms with van der Waals surface area (Å²) < 4.78 is 27.4.